The highest BCUT2D eigenvalue weighted by atomic mass is 16.5. The summed E-state index contributed by atoms with van der Waals surface area (Å²) in [6, 6.07) is 7.22. The average molecular weight is 392 g/mol. The number of pyridine rings is 1. The summed E-state index contributed by atoms with van der Waals surface area (Å²) in [5, 5.41) is 13.7. The Morgan fingerprint density at radius 1 is 1.34 bits per heavy atom. The third-order valence-electron chi connectivity index (χ3n) is 5.44. The average Bonchev–Trinajstić information content (AvgIpc) is 3.25. The molecule has 148 valence electrons. The lowest BCUT2D eigenvalue weighted by Gasteiger charge is -2.27. The van der Waals surface area contributed by atoms with E-state index < -0.39 is 0 Å². The van der Waals surface area contributed by atoms with E-state index in [0.29, 0.717) is 29.0 Å². The topological polar surface area (TPSA) is 106 Å². The molecule has 0 saturated heterocycles. The zero-order chi connectivity index (χ0) is 20.1. The van der Waals surface area contributed by atoms with Crippen LogP contribution in [0.2, 0.25) is 0 Å². The fraction of sp³-hybridized carbons (Fsp3) is 0.286. The molecule has 0 aliphatic carbocycles. The Hall–Kier alpha value is -3.39. The van der Waals surface area contributed by atoms with Crippen LogP contribution in [0, 0.1) is 13.8 Å². The summed E-state index contributed by atoms with van der Waals surface area (Å²) in [4.78, 5) is 20.3. The standard InChI is InChI=1S/C21H20N4O4/c1-11-17(12(2)29-24-11)14-9-13(6-8-26)18-19-20(14)28-10-16(25(19)21(27)23-18)15-5-3-4-7-22-15/h3-5,7,9,16,26H,6,8,10H2,1-2H3,(H,23,27)/t16-/m1/s1. The number of aromatic nitrogens is 4. The number of H-pyrrole nitrogens is 1. The Labute approximate surface area is 165 Å². The largest absolute Gasteiger partial charge is 0.488 e. The molecule has 0 bridgehead atoms. The minimum Gasteiger partial charge on any atom is -0.488 e. The quantitative estimate of drug-likeness (QED) is 0.553. The highest BCUT2D eigenvalue weighted by molar-refractivity contribution is 5.94. The number of hydrogen-bond donors (Lipinski definition) is 2. The first-order valence-electron chi connectivity index (χ1n) is 9.48. The van der Waals surface area contributed by atoms with E-state index in [1.165, 1.54) is 0 Å². The van der Waals surface area contributed by atoms with Crippen LogP contribution in [-0.2, 0) is 6.42 Å². The molecule has 4 heterocycles. The second kappa shape index (κ2) is 6.59. The Kier molecular flexibility index (Phi) is 4.02. The Morgan fingerprint density at radius 3 is 2.90 bits per heavy atom. The number of imidazole rings is 1. The number of aliphatic hydroxyl groups is 1. The predicted molar refractivity (Wildman–Crippen MR) is 106 cm³/mol. The Bertz CT molecular complexity index is 1250. The highest BCUT2D eigenvalue weighted by Gasteiger charge is 2.32. The summed E-state index contributed by atoms with van der Waals surface area (Å²) in [5.74, 6) is 1.29. The first kappa shape index (κ1) is 17.7. The van der Waals surface area contributed by atoms with Gasteiger partial charge in [-0.3, -0.25) is 9.55 Å². The van der Waals surface area contributed by atoms with E-state index in [1.807, 2.05) is 38.1 Å². The van der Waals surface area contributed by atoms with Crippen LogP contribution in [0.3, 0.4) is 0 Å². The number of nitrogens with one attached hydrogen (secondary N) is 1. The summed E-state index contributed by atoms with van der Waals surface area (Å²) in [6.45, 7) is 3.97. The van der Waals surface area contributed by atoms with Gasteiger partial charge in [0.1, 0.15) is 23.9 Å². The molecule has 0 unspecified atom stereocenters. The highest BCUT2D eigenvalue weighted by Crippen LogP contribution is 2.44. The van der Waals surface area contributed by atoms with Crippen LogP contribution in [0.5, 0.6) is 5.75 Å². The zero-order valence-electron chi connectivity index (χ0n) is 16.1. The van der Waals surface area contributed by atoms with Gasteiger partial charge in [0, 0.05) is 18.4 Å². The van der Waals surface area contributed by atoms with Crippen LogP contribution in [0.1, 0.15) is 28.8 Å². The van der Waals surface area contributed by atoms with E-state index in [-0.39, 0.29) is 24.9 Å². The minimum absolute atomic E-state index is 0.0345. The maximum Gasteiger partial charge on any atom is 0.327 e. The van der Waals surface area contributed by atoms with Crippen LogP contribution in [-0.4, -0.2) is 38.0 Å². The van der Waals surface area contributed by atoms with Crippen molar-refractivity contribution in [3.63, 3.8) is 0 Å². The molecule has 4 aromatic rings. The molecular formula is C21H20N4O4. The maximum absolute atomic E-state index is 13.0. The number of benzene rings is 1. The van der Waals surface area contributed by atoms with E-state index in [1.54, 1.807) is 10.8 Å². The number of aliphatic hydroxyl groups excluding tert-OH is 1. The second-order valence-corrected chi connectivity index (χ2v) is 7.19. The van der Waals surface area contributed by atoms with Gasteiger partial charge in [-0.1, -0.05) is 11.2 Å². The van der Waals surface area contributed by atoms with Gasteiger partial charge in [-0.25, -0.2) is 4.79 Å². The van der Waals surface area contributed by atoms with Gasteiger partial charge in [0.25, 0.3) is 0 Å². The summed E-state index contributed by atoms with van der Waals surface area (Å²) in [5.41, 5.74) is 5.12. The Balaban J connectivity index is 1.85. The van der Waals surface area contributed by atoms with Gasteiger partial charge >= 0.3 is 5.69 Å². The van der Waals surface area contributed by atoms with Crippen molar-refractivity contribution in [2.75, 3.05) is 13.2 Å². The predicted octanol–water partition coefficient (Wildman–Crippen LogP) is 2.51. The fourth-order valence-electron chi connectivity index (χ4n) is 4.19. The fourth-order valence-corrected chi connectivity index (χ4v) is 4.19. The second-order valence-electron chi connectivity index (χ2n) is 7.19. The van der Waals surface area contributed by atoms with Crippen LogP contribution in [0.15, 0.2) is 39.8 Å². The van der Waals surface area contributed by atoms with Crippen molar-refractivity contribution in [1.82, 2.24) is 19.7 Å². The van der Waals surface area contributed by atoms with Gasteiger partial charge in [-0.2, -0.15) is 0 Å². The van der Waals surface area contributed by atoms with Crippen molar-refractivity contribution in [2.45, 2.75) is 26.3 Å². The molecule has 1 aliphatic heterocycles. The van der Waals surface area contributed by atoms with Crippen molar-refractivity contribution >= 4 is 11.0 Å². The summed E-state index contributed by atoms with van der Waals surface area (Å²) in [6.07, 6.45) is 2.11. The number of nitrogens with zero attached hydrogens (tertiary/aromatic N) is 3. The summed E-state index contributed by atoms with van der Waals surface area (Å²) in [7, 11) is 0. The Morgan fingerprint density at radius 2 is 2.21 bits per heavy atom. The van der Waals surface area contributed by atoms with Crippen LogP contribution < -0.4 is 10.4 Å². The molecule has 8 nitrogen and oxygen atoms in total. The molecule has 3 aromatic heterocycles. The molecule has 5 rings (SSSR count). The smallest absolute Gasteiger partial charge is 0.327 e. The van der Waals surface area contributed by atoms with Crippen molar-refractivity contribution < 1.29 is 14.4 Å². The van der Waals surface area contributed by atoms with Crippen molar-refractivity contribution in [2.24, 2.45) is 0 Å². The van der Waals surface area contributed by atoms with Gasteiger partial charge < -0.3 is 19.4 Å². The molecule has 2 N–H and O–H groups in total. The molecule has 1 atom stereocenters. The van der Waals surface area contributed by atoms with Crippen molar-refractivity contribution in [3.05, 3.63) is 63.7 Å². The first-order valence-corrected chi connectivity index (χ1v) is 9.48. The lowest BCUT2D eigenvalue weighted by molar-refractivity contribution is 0.254. The SMILES string of the molecule is Cc1noc(C)c1-c1cc(CCO)c2[nH]c(=O)n3c2c1OC[C@@H]3c1ccccn1. The van der Waals surface area contributed by atoms with Crippen molar-refractivity contribution in [3.8, 4) is 16.9 Å². The molecule has 1 aliphatic rings. The molecule has 29 heavy (non-hydrogen) atoms. The van der Waals surface area contributed by atoms with E-state index in [4.69, 9.17) is 9.26 Å². The van der Waals surface area contributed by atoms with E-state index in [9.17, 15) is 9.90 Å². The van der Waals surface area contributed by atoms with E-state index in [0.717, 1.165) is 28.1 Å². The van der Waals surface area contributed by atoms with E-state index in [2.05, 4.69) is 15.1 Å². The van der Waals surface area contributed by atoms with Crippen molar-refractivity contribution in [1.29, 1.82) is 0 Å². The first-order chi connectivity index (χ1) is 14.1. The number of hydrogen-bond acceptors (Lipinski definition) is 6. The van der Waals surface area contributed by atoms with Gasteiger partial charge in [0.15, 0.2) is 5.75 Å². The number of aryl methyl sites for hydroxylation is 2. The molecule has 0 saturated carbocycles. The lowest BCUT2D eigenvalue weighted by atomic mass is 9.96. The molecule has 0 spiro atoms. The molecule has 1 aromatic carbocycles. The van der Waals surface area contributed by atoms with E-state index >= 15 is 0 Å². The normalized spacial score (nSPS) is 15.6. The third-order valence-corrected chi connectivity index (χ3v) is 5.44. The number of ether oxygens (including phenoxy) is 1. The third kappa shape index (κ3) is 2.60. The summed E-state index contributed by atoms with van der Waals surface area (Å²) < 4.78 is 13.3. The monoisotopic (exact) mass is 392 g/mol. The van der Waals surface area contributed by atoms with Gasteiger partial charge in [0.2, 0.25) is 0 Å². The van der Waals surface area contributed by atoms with Gasteiger partial charge in [-0.15, -0.1) is 0 Å². The molecule has 8 heteroatoms. The van der Waals surface area contributed by atoms with Crippen LogP contribution in [0.4, 0.5) is 0 Å². The molecule has 0 amide bonds. The molecular weight excluding hydrogens is 372 g/mol. The van der Waals surface area contributed by atoms with Crippen LogP contribution >= 0.6 is 0 Å². The van der Waals surface area contributed by atoms with Gasteiger partial charge in [-0.05, 0) is 44.0 Å². The lowest BCUT2D eigenvalue weighted by Crippen LogP contribution is -2.31. The maximum atomic E-state index is 13.0. The molecule has 0 radical (unpaired) electrons. The van der Waals surface area contributed by atoms with Crippen LogP contribution in [0.25, 0.3) is 22.2 Å². The molecule has 0 fully saturated rings. The summed E-state index contributed by atoms with van der Waals surface area (Å²) >= 11 is 0. The number of rotatable bonds is 4. The minimum atomic E-state index is -0.341. The van der Waals surface area contributed by atoms with Gasteiger partial charge in [0.05, 0.1) is 22.5 Å². The zero-order valence-corrected chi connectivity index (χ0v) is 16.1. The number of aromatic amines is 1.